The molecule has 1 aromatic heterocycles. The van der Waals surface area contributed by atoms with Crippen LogP contribution in [0.4, 0.5) is 0 Å². The minimum atomic E-state index is -0.292. The lowest BCUT2D eigenvalue weighted by Gasteiger charge is -2.36. The van der Waals surface area contributed by atoms with Gasteiger partial charge in [-0.2, -0.15) is 16.9 Å². The summed E-state index contributed by atoms with van der Waals surface area (Å²) in [5.41, 5.74) is 0.930. The predicted octanol–water partition coefficient (Wildman–Crippen LogP) is 1.28. The summed E-state index contributed by atoms with van der Waals surface area (Å²) in [6.45, 7) is 6.13. The third-order valence-electron chi connectivity index (χ3n) is 3.74. The molecule has 0 radical (unpaired) electrons. The van der Waals surface area contributed by atoms with Gasteiger partial charge in [-0.1, -0.05) is 13.8 Å². The molecule has 1 aliphatic rings. The number of carbonyl (C=O) groups is 1. The number of aromatic nitrogens is 2. The maximum absolute atomic E-state index is 12.7. The molecule has 5 nitrogen and oxygen atoms in total. The van der Waals surface area contributed by atoms with Crippen LogP contribution >= 0.6 is 11.8 Å². The van der Waals surface area contributed by atoms with Gasteiger partial charge in [0.05, 0.1) is 6.20 Å². The van der Waals surface area contributed by atoms with E-state index in [-0.39, 0.29) is 11.9 Å². The Labute approximate surface area is 125 Å². The summed E-state index contributed by atoms with van der Waals surface area (Å²) in [6, 6.07) is -0.292. The number of amides is 1. The van der Waals surface area contributed by atoms with Gasteiger partial charge in [0.25, 0.3) is 0 Å². The Morgan fingerprint density at radius 3 is 2.85 bits per heavy atom. The Morgan fingerprint density at radius 2 is 2.30 bits per heavy atom. The number of nitrogens with zero attached hydrogens (tertiary/aromatic N) is 3. The van der Waals surface area contributed by atoms with Gasteiger partial charge in [-0.05, 0) is 13.0 Å². The topological polar surface area (TPSA) is 50.2 Å². The number of thioether (sulfide) groups is 1. The van der Waals surface area contributed by atoms with Crippen molar-refractivity contribution in [3.8, 4) is 0 Å². The van der Waals surface area contributed by atoms with E-state index in [1.807, 2.05) is 37.0 Å². The molecular weight excluding hydrogens is 272 g/mol. The van der Waals surface area contributed by atoms with Crippen molar-refractivity contribution in [1.29, 1.82) is 0 Å². The normalized spacial score (nSPS) is 21.2. The van der Waals surface area contributed by atoms with E-state index in [2.05, 4.69) is 24.3 Å². The number of likely N-dealkylation sites (N-methyl/N-ethyl adjacent to an activating group) is 1. The molecule has 2 rings (SSSR count). The van der Waals surface area contributed by atoms with Crippen LogP contribution in [0.1, 0.15) is 25.5 Å². The Kier molecular flexibility index (Phi) is 5.10. The molecule has 1 saturated heterocycles. The SMILES string of the molecule is CNC(C(=O)N1CCSC(C(C)C)C1)c1cnn(C)c1. The maximum atomic E-state index is 12.7. The lowest BCUT2D eigenvalue weighted by molar-refractivity contribution is -0.133. The highest BCUT2D eigenvalue weighted by Crippen LogP contribution is 2.26. The fourth-order valence-corrected chi connectivity index (χ4v) is 3.78. The van der Waals surface area contributed by atoms with Crippen LogP contribution in [0.3, 0.4) is 0 Å². The van der Waals surface area contributed by atoms with Gasteiger partial charge in [0.1, 0.15) is 6.04 Å². The van der Waals surface area contributed by atoms with Crippen molar-refractivity contribution in [3.05, 3.63) is 18.0 Å². The number of hydrogen-bond acceptors (Lipinski definition) is 4. The number of carbonyl (C=O) groups excluding carboxylic acids is 1. The van der Waals surface area contributed by atoms with E-state index < -0.39 is 0 Å². The quantitative estimate of drug-likeness (QED) is 0.909. The molecule has 1 aliphatic heterocycles. The fraction of sp³-hybridized carbons (Fsp3) is 0.714. The highest BCUT2D eigenvalue weighted by molar-refractivity contribution is 8.00. The van der Waals surface area contributed by atoms with Crippen LogP contribution in [-0.4, -0.2) is 51.7 Å². The Balaban J connectivity index is 2.08. The number of hydrogen-bond donors (Lipinski definition) is 1. The van der Waals surface area contributed by atoms with Gasteiger partial charge in [-0.25, -0.2) is 0 Å². The second-order valence-electron chi connectivity index (χ2n) is 5.61. The summed E-state index contributed by atoms with van der Waals surface area (Å²) in [5, 5.41) is 7.82. The van der Waals surface area contributed by atoms with Gasteiger partial charge in [0.15, 0.2) is 0 Å². The van der Waals surface area contributed by atoms with Crippen molar-refractivity contribution < 1.29 is 4.79 Å². The highest BCUT2D eigenvalue weighted by atomic mass is 32.2. The minimum Gasteiger partial charge on any atom is -0.339 e. The van der Waals surface area contributed by atoms with Crippen LogP contribution in [0, 0.1) is 5.92 Å². The molecule has 2 heterocycles. The second-order valence-corrected chi connectivity index (χ2v) is 6.95. The third kappa shape index (κ3) is 3.35. The first-order valence-corrected chi connectivity index (χ1v) is 8.14. The summed E-state index contributed by atoms with van der Waals surface area (Å²) in [4.78, 5) is 14.7. The van der Waals surface area contributed by atoms with Gasteiger partial charge in [0.2, 0.25) is 5.91 Å². The van der Waals surface area contributed by atoms with Crippen molar-refractivity contribution >= 4 is 17.7 Å². The number of nitrogens with one attached hydrogen (secondary N) is 1. The highest BCUT2D eigenvalue weighted by Gasteiger charge is 2.30. The van der Waals surface area contributed by atoms with Crippen molar-refractivity contribution in [2.45, 2.75) is 25.1 Å². The van der Waals surface area contributed by atoms with Gasteiger partial charge < -0.3 is 10.2 Å². The molecular formula is C14H24N4OS. The van der Waals surface area contributed by atoms with Crippen molar-refractivity contribution in [3.63, 3.8) is 0 Å². The Morgan fingerprint density at radius 1 is 1.55 bits per heavy atom. The van der Waals surface area contributed by atoms with Crippen molar-refractivity contribution in [2.24, 2.45) is 13.0 Å². The molecule has 0 aromatic carbocycles. The molecule has 20 heavy (non-hydrogen) atoms. The Bertz CT molecular complexity index is 460. The molecule has 0 spiro atoms. The van der Waals surface area contributed by atoms with Crippen LogP contribution in [0.2, 0.25) is 0 Å². The van der Waals surface area contributed by atoms with E-state index >= 15 is 0 Å². The summed E-state index contributed by atoms with van der Waals surface area (Å²) < 4.78 is 1.73. The average Bonchev–Trinajstić information content (AvgIpc) is 2.86. The standard InChI is InChI=1S/C14H24N4OS/c1-10(2)12-9-18(5-6-20-12)14(19)13(15-3)11-7-16-17(4)8-11/h7-8,10,12-13,15H,5-6,9H2,1-4H3. The molecule has 1 amide bonds. The largest absolute Gasteiger partial charge is 0.339 e. The lowest BCUT2D eigenvalue weighted by Crippen LogP contribution is -2.47. The first kappa shape index (κ1) is 15.4. The fourth-order valence-electron chi connectivity index (χ4n) is 2.48. The number of rotatable bonds is 4. The predicted molar refractivity (Wildman–Crippen MR) is 82.7 cm³/mol. The van der Waals surface area contributed by atoms with Crippen LogP contribution in [0.15, 0.2) is 12.4 Å². The average molecular weight is 296 g/mol. The van der Waals surface area contributed by atoms with Gasteiger partial charge in [-0.15, -0.1) is 0 Å². The third-order valence-corrected chi connectivity index (χ3v) is 5.28. The van der Waals surface area contributed by atoms with Crippen molar-refractivity contribution in [1.82, 2.24) is 20.0 Å². The molecule has 0 saturated carbocycles. The summed E-state index contributed by atoms with van der Waals surface area (Å²) in [6.07, 6.45) is 3.66. The zero-order valence-electron chi connectivity index (χ0n) is 12.7. The number of aryl methyl sites for hydroxylation is 1. The van der Waals surface area contributed by atoms with E-state index in [1.165, 1.54) is 0 Å². The van der Waals surface area contributed by atoms with Crippen LogP contribution in [-0.2, 0) is 11.8 Å². The molecule has 1 fully saturated rings. The zero-order valence-corrected chi connectivity index (χ0v) is 13.5. The van der Waals surface area contributed by atoms with E-state index in [4.69, 9.17) is 0 Å². The maximum Gasteiger partial charge on any atom is 0.244 e. The summed E-state index contributed by atoms with van der Waals surface area (Å²) in [7, 11) is 3.70. The van der Waals surface area contributed by atoms with E-state index in [0.29, 0.717) is 11.2 Å². The van der Waals surface area contributed by atoms with E-state index in [0.717, 1.165) is 24.4 Å². The zero-order chi connectivity index (χ0) is 14.7. The minimum absolute atomic E-state index is 0.159. The van der Waals surface area contributed by atoms with E-state index in [9.17, 15) is 4.79 Å². The summed E-state index contributed by atoms with van der Waals surface area (Å²) >= 11 is 1.98. The molecule has 112 valence electrons. The first-order chi connectivity index (χ1) is 9.52. The molecule has 1 aromatic rings. The molecule has 2 unspecified atom stereocenters. The lowest BCUT2D eigenvalue weighted by atomic mass is 10.1. The van der Waals surface area contributed by atoms with E-state index in [1.54, 1.807) is 10.9 Å². The molecule has 0 bridgehead atoms. The van der Waals surface area contributed by atoms with Crippen LogP contribution in [0.25, 0.3) is 0 Å². The van der Waals surface area contributed by atoms with Gasteiger partial charge in [-0.3, -0.25) is 9.48 Å². The summed E-state index contributed by atoms with van der Waals surface area (Å²) in [5.74, 6) is 1.78. The van der Waals surface area contributed by atoms with Crippen LogP contribution < -0.4 is 5.32 Å². The molecule has 2 atom stereocenters. The second kappa shape index (κ2) is 6.63. The molecule has 6 heteroatoms. The van der Waals surface area contributed by atoms with Gasteiger partial charge in [0, 0.05) is 42.9 Å². The molecule has 0 aliphatic carbocycles. The van der Waals surface area contributed by atoms with Gasteiger partial charge >= 0.3 is 0 Å². The monoisotopic (exact) mass is 296 g/mol. The Hall–Kier alpha value is -1.01. The van der Waals surface area contributed by atoms with Crippen molar-refractivity contribution in [2.75, 3.05) is 25.9 Å². The first-order valence-electron chi connectivity index (χ1n) is 7.09. The molecule has 1 N–H and O–H groups in total. The van der Waals surface area contributed by atoms with Crippen LogP contribution in [0.5, 0.6) is 0 Å². The smallest absolute Gasteiger partial charge is 0.244 e.